The largest absolute Gasteiger partial charge is 0.464 e. The van der Waals surface area contributed by atoms with Gasteiger partial charge in [0.05, 0.1) is 12.3 Å². The Morgan fingerprint density at radius 3 is 2.69 bits per heavy atom. The number of hydrogen-bond donors (Lipinski definition) is 2. The zero-order valence-electron chi connectivity index (χ0n) is 8.50. The van der Waals surface area contributed by atoms with Crippen LogP contribution in [0.2, 0.25) is 5.15 Å². The summed E-state index contributed by atoms with van der Waals surface area (Å²) in [5, 5.41) is 26.2. The van der Waals surface area contributed by atoms with Crippen LogP contribution >= 0.6 is 11.6 Å². The topological polar surface area (TPSA) is 92.5 Å². The number of hydrogen-bond acceptors (Lipinski definition) is 6. The van der Waals surface area contributed by atoms with E-state index in [-0.39, 0.29) is 17.5 Å². The Balaban J connectivity index is 2.73. The van der Waals surface area contributed by atoms with Gasteiger partial charge in [-0.2, -0.15) is 5.10 Å². The summed E-state index contributed by atoms with van der Waals surface area (Å²) in [6.45, 7) is 1.72. The van der Waals surface area contributed by atoms with Crippen molar-refractivity contribution in [3.63, 3.8) is 0 Å². The van der Waals surface area contributed by atoms with Gasteiger partial charge in [0, 0.05) is 0 Å². The molecule has 7 heteroatoms. The minimum Gasteiger partial charge on any atom is -0.464 e. The monoisotopic (exact) mass is 246 g/mol. The highest BCUT2D eigenvalue weighted by Gasteiger charge is 2.28. The van der Waals surface area contributed by atoms with Crippen molar-refractivity contribution in [3.8, 4) is 0 Å². The number of carbonyl (C=O) groups is 1. The number of aromatic nitrogens is 2. The third kappa shape index (κ3) is 3.13. The Bertz CT molecular complexity index is 357. The molecule has 2 N–H and O–H groups in total. The molecule has 1 aromatic heterocycles. The van der Waals surface area contributed by atoms with Crippen molar-refractivity contribution < 1.29 is 19.7 Å². The van der Waals surface area contributed by atoms with Gasteiger partial charge in [-0.3, -0.25) is 0 Å². The number of ether oxygens (including phenoxy) is 1. The van der Waals surface area contributed by atoms with Crippen LogP contribution in [0, 0.1) is 0 Å². The van der Waals surface area contributed by atoms with E-state index in [0.717, 1.165) is 0 Å². The lowest BCUT2D eigenvalue weighted by Crippen LogP contribution is -2.30. The van der Waals surface area contributed by atoms with E-state index in [1.54, 1.807) is 6.92 Å². The number of nitrogens with zero attached hydrogens (tertiary/aromatic N) is 2. The van der Waals surface area contributed by atoms with Crippen LogP contribution < -0.4 is 0 Å². The molecule has 0 spiro atoms. The number of aliphatic hydroxyl groups excluding tert-OH is 2. The molecule has 0 aliphatic carbocycles. The molecule has 0 saturated carbocycles. The molecule has 0 fully saturated rings. The van der Waals surface area contributed by atoms with E-state index in [2.05, 4.69) is 14.9 Å². The van der Waals surface area contributed by atoms with Crippen molar-refractivity contribution in [2.75, 3.05) is 6.61 Å². The summed E-state index contributed by atoms with van der Waals surface area (Å²) in [5.41, 5.74) is 0.0463. The number of aliphatic hydroxyl groups is 2. The van der Waals surface area contributed by atoms with Crippen LogP contribution in [0.5, 0.6) is 0 Å². The minimum atomic E-state index is -1.68. The van der Waals surface area contributed by atoms with Crippen LogP contribution in [-0.4, -0.2) is 39.1 Å². The van der Waals surface area contributed by atoms with Gasteiger partial charge in [0.15, 0.2) is 11.3 Å². The molecule has 6 nitrogen and oxygen atoms in total. The normalized spacial score (nSPS) is 14.2. The third-order valence-electron chi connectivity index (χ3n) is 1.78. The van der Waals surface area contributed by atoms with Gasteiger partial charge in [-0.1, -0.05) is 11.6 Å². The Morgan fingerprint density at radius 1 is 1.50 bits per heavy atom. The smallest absolute Gasteiger partial charge is 0.338 e. The van der Waals surface area contributed by atoms with Crippen LogP contribution in [0.3, 0.4) is 0 Å². The van der Waals surface area contributed by atoms with Crippen molar-refractivity contribution >= 4 is 17.6 Å². The molecule has 0 bridgehead atoms. The molecule has 88 valence electrons. The fourth-order valence-electron chi connectivity index (χ4n) is 1.00. The first-order valence-electron chi connectivity index (χ1n) is 4.58. The molecular formula is C9H11ClN2O4. The predicted octanol–water partition coefficient (Wildman–Crippen LogP) is 0.0874. The van der Waals surface area contributed by atoms with Crippen LogP contribution in [0.1, 0.15) is 18.7 Å². The summed E-state index contributed by atoms with van der Waals surface area (Å²) in [6, 6.07) is 2.76. The Morgan fingerprint density at radius 2 is 2.19 bits per heavy atom. The summed E-state index contributed by atoms with van der Waals surface area (Å²) >= 11 is 5.50. The molecule has 0 aromatic carbocycles. The molecular weight excluding hydrogens is 236 g/mol. The maximum atomic E-state index is 11.1. The van der Waals surface area contributed by atoms with Crippen molar-refractivity contribution in [2.24, 2.45) is 0 Å². The van der Waals surface area contributed by atoms with Crippen molar-refractivity contribution in [1.29, 1.82) is 0 Å². The van der Waals surface area contributed by atoms with Gasteiger partial charge in [0.1, 0.15) is 6.10 Å². The first kappa shape index (κ1) is 12.8. The average Bonchev–Trinajstić information content (AvgIpc) is 2.28. The van der Waals surface area contributed by atoms with Gasteiger partial charge in [0.25, 0.3) is 0 Å². The van der Waals surface area contributed by atoms with E-state index in [1.807, 2.05) is 0 Å². The molecule has 0 radical (unpaired) electrons. The van der Waals surface area contributed by atoms with Crippen LogP contribution in [0.4, 0.5) is 0 Å². The molecule has 0 aliphatic rings. The molecule has 16 heavy (non-hydrogen) atoms. The Labute approximate surface area is 96.8 Å². The van der Waals surface area contributed by atoms with Crippen LogP contribution in [0.25, 0.3) is 0 Å². The van der Waals surface area contributed by atoms with E-state index in [4.69, 9.17) is 11.6 Å². The molecule has 0 aliphatic heterocycles. The third-order valence-corrected chi connectivity index (χ3v) is 1.98. The van der Waals surface area contributed by atoms with Gasteiger partial charge in [-0.25, -0.2) is 4.79 Å². The average molecular weight is 247 g/mol. The van der Waals surface area contributed by atoms with E-state index >= 15 is 0 Å². The summed E-state index contributed by atoms with van der Waals surface area (Å²) in [4.78, 5) is 11.1. The molecule has 1 heterocycles. The summed E-state index contributed by atoms with van der Waals surface area (Å²) in [5.74, 6) is -0.910. The fraction of sp³-hybridized carbons (Fsp3) is 0.444. The number of esters is 1. The SMILES string of the molecule is CCOC(=O)C(O)C(O)c1ccc(Cl)nn1. The number of halogens is 1. The zero-order chi connectivity index (χ0) is 12.1. The van der Waals surface area contributed by atoms with Crippen molar-refractivity contribution in [1.82, 2.24) is 10.2 Å². The van der Waals surface area contributed by atoms with Gasteiger partial charge in [-0.15, -0.1) is 5.10 Å². The van der Waals surface area contributed by atoms with Gasteiger partial charge >= 0.3 is 5.97 Å². The summed E-state index contributed by atoms with van der Waals surface area (Å²) < 4.78 is 4.55. The predicted molar refractivity (Wildman–Crippen MR) is 54.6 cm³/mol. The fourth-order valence-corrected chi connectivity index (χ4v) is 1.10. The van der Waals surface area contributed by atoms with Crippen molar-refractivity contribution in [3.05, 3.63) is 23.0 Å². The lowest BCUT2D eigenvalue weighted by Gasteiger charge is -2.15. The molecule has 1 rings (SSSR count). The van der Waals surface area contributed by atoms with E-state index < -0.39 is 18.2 Å². The van der Waals surface area contributed by atoms with E-state index in [9.17, 15) is 15.0 Å². The Hall–Kier alpha value is -1.24. The maximum Gasteiger partial charge on any atom is 0.338 e. The number of carbonyl (C=O) groups excluding carboxylic acids is 1. The summed E-state index contributed by atoms with van der Waals surface area (Å²) in [7, 11) is 0. The quantitative estimate of drug-likeness (QED) is 0.732. The molecule has 2 unspecified atom stereocenters. The second-order valence-electron chi connectivity index (χ2n) is 2.92. The first-order valence-corrected chi connectivity index (χ1v) is 4.96. The highest BCUT2D eigenvalue weighted by molar-refractivity contribution is 6.29. The molecule has 2 atom stereocenters. The molecule has 0 amide bonds. The Kier molecular flexibility index (Phi) is 4.60. The standard InChI is InChI=1S/C9H11ClN2O4/c1-2-16-9(15)8(14)7(13)5-3-4-6(10)12-11-5/h3-4,7-8,13-14H,2H2,1H3. The van der Waals surface area contributed by atoms with Crippen molar-refractivity contribution in [2.45, 2.75) is 19.1 Å². The zero-order valence-corrected chi connectivity index (χ0v) is 9.26. The highest BCUT2D eigenvalue weighted by Crippen LogP contribution is 2.15. The minimum absolute atomic E-state index is 0.0463. The van der Waals surface area contributed by atoms with E-state index in [0.29, 0.717) is 0 Å². The number of rotatable bonds is 4. The van der Waals surface area contributed by atoms with Gasteiger partial charge in [-0.05, 0) is 19.1 Å². The lowest BCUT2D eigenvalue weighted by atomic mass is 10.1. The molecule has 1 aromatic rings. The second kappa shape index (κ2) is 5.74. The maximum absolute atomic E-state index is 11.1. The first-order chi connectivity index (χ1) is 7.56. The van der Waals surface area contributed by atoms with E-state index in [1.165, 1.54) is 12.1 Å². The van der Waals surface area contributed by atoms with Crippen LogP contribution in [0.15, 0.2) is 12.1 Å². The second-order valence-corrected chi connectivity index (χ2v) is 3.31. The summed E-state index contributed by atoms with van der Waals surface area (Å²) in [6.07, 6.45) is -3.17. The van der Waals surface area contributed by atoms with Gasteiger partial charge in [0.2, 0.25) is 0 Å². The molecule has 0 saturated heterocycles. The van der Waals surface area contributed by atoms with Crippen LogP contribution in [-0.2, 0) is 9.53 Å². The van der Waals surface area contributed by atoms with Gasteiger partial charge < -0.3 is 14.9 Å². The lowest BCUT2D eigenvalue weighted by molar-refractivity contribution is -0.159. The highest BCUT2D eigenvalue weighted by atomic mass is 35.5.